The number of benzene rings is 1. The summed E-state index contributed by atoms with van der Waals surface area (Å²) in [4.78, 5) is 0. The molecule has 1 aliphatic rings. The van der Waals surface area contributed by atoms with Crippen LogP contribution < -0.4 is 0 Å². The maximum absolute atomic E-state index is 11.3. The SMILES string of the molecule is Cc1ccc(C)c(CC2(O)CC(C)CCC2C(C)C)c1. The third-order valence-corrected chi connectivity index (χ3v) is 5.17. The summed E-state index contributed by atoms with van der Waals surface area (Å²) in [6, 6.07) is 6.60. The van der Waals surface area contributed by atoms with E-state index in [1.807, 2.05) is 0 Å². The van der Waals surface area contributed by atoms with Crippen LogP contribution >= 0.6 is 0 Å². The van der Waals surface area contributed by atoms with Crippen LogP contribution in [0.5, 0.6) is 0 Å². The van der Waals surface area contributed by atoms with Crippen LogP contribution in [0.25, 0.3) is 0 Å². The molecule has 0 aliphatic heterocycles. The van der Waals surface area contributed by atoms with Crippen molar-refractivity contribution in [1.29, 1.82) is 0 Å². The van der Waals surface area contributed by atoms with Crippen molar-refractivity contribution in [3.63, 3.8) is 0 Å². The molecule has 1 saturated carbocycles. The summed E-state index contributed by atoms with van der Waals surface area (Å²) in [5.74, 6) is 1.62. The molecule has 0 amide bonds. The minimum atomic E-state index is -0.523. The highest BCUT2D eigenvalue weighted by molar-refractivity contribution is 5.32. The van der Waals surface area contributed by atoms with E-state index in [0.717, 1.165) is 12.8 Å². The predicted octanol–water partition coefficient (Wildman–Crippen LogP) is 4.67. The lowest BCUT2D eigenvalue weighted by molar-refractivity contribution is -0.0795. The molecule has 0 bridgehead atoms. The quantitative estimate of drug-likeness (QED) is 0.849. The van der Waals surface area contributed by atoms with Gasteiger partial charge in [0.25, 0.3) is 0 Å². The van der Waals surface area contributed by atoms with Crippen LogP contribution in [-0.2, 0) is 6.42 Å². The Balaban J connectivity index is 2.28. The van der Waals surface area contributed by atoms with Crippen LogP contribution in [0.4, 0.5) is 0 Å². The molecule has 1 aromatic rings. The van der Waals surface area contributed by atoms with Crippen molar-refractivity contribution in [2.24, 2.45) is 17.8 Å². The van der Waals surface area contributed by atoms with Crippen molar-refractivity contribution < 1.29 is 5.11 Å². The van der Waals surface area contributed by atoms with Gasteiger partial charge in [0.2, 0.25) is 0 Å². The molecule has 0 heterocycles. The van der Waals surface area contributed by atoms with Gasteiger partial charge in [-0.1, -0.05) is 51.0 Å². The first-order valence-corrected chi connectivity index (χ1v) is 8.10. The molecule has 20 heavy (non-hydrogen) atoms. The molecule has 3 atom stereocenters. The second kappa shape index (κ2) is 5.89. The highest BCUT2D eigenvalue weighted by Gasteiger charge is 2.42. The third-order valence-electron chi connectivity index (χ3n) is 5.17. The van der Waals surface area contributed by atoms with Gasteiger partial charge in [-0.05, 0) is 55.6 Å². The number of rotatable bonds is 3. The average Bonchev–Trinajstić information content (AvgIpc) is 2.32. The molecule has 0 radical (unpaired) electrons. The summed E-state index contributed by atoms with van der Waals surface area (Å²) in [6.45, 7) is 11.1. The minimum Gasteiger partial charge on any atom is -0.389 e. The normalized spacial score (nSPS) is 30.8. The van der Waals surface area contributed by atoms with E-state index in [1.54, 1.807) is 0 Å². The summed E-state index contributed by atoms with van der Waals surface area (Å²) < 4.78 is 0. The fraction of sp³-hybridized carbons (Fsp3) is 0.684. The molecule has 1 heteroatoms. The van der Waals surface area contributed by atoms with Crippen LogP contribution in [0.3, 0.4) is 0 Å². The fourth-order valence-electron chi connectivity index (χ4n) is 4.07. The lowest BCUT2D eigenvalue weighted by atomic mass is 9.65. The summed E-state index contributed by atoms with van der Waals surface area (Å²) in [5, 5.41) is 11.3. The number of hydrogen-bond acceptors (Lipinski definition) is 1. The molecule has 0 spiro atoms. The Labute approximate surface area is 124 Å². The molecular weight excluding hydrogens is 244 g/mol. The van der Waals surface area contributed by atoms with Crippen LogP contribution in [0.15, 0.2) is 18.2 Å². The Morgan fingerprint density at radius 1 is 1.25 bits per heavy atom. The predicted molar refractivity (Wildman–Crippen MR) is 85.9 cm³/mol. The Morgan fingerprint density at radius 2 is 1.95 bits per heavy atom. The Kier molecular flexibility index (Phi) is 4.59. The van der Waals surface area contributed by atoms with Gasteiger partial charge < -0.3 is 5.11 Å². The zero-order valence-electron chi connectivity index (χ0n) is 13.7. The van der Waals surface area contributed by atoms with E-state index < -0.39 is 5.60 Å². The van der Waals surface area contributed by atoms with Crippen molar-refractivity contribution in [1.82, 2.24) is 0 Å². The van der Waals surface area contributed by atoms with Gasteiger partial charge in [0.05, 0.1) is 5.60 Å². The molecular formula is C19H30O. The van der Waals surface area contributed by atoms with Crippen LogP contribution in [0, 0.1) is 31.6 Å². The summed E-state index contributed by atoms with van der Waals surface area (Å²) in [6.07, 6.45) is 4.19. The Hall–Kier alpha value is -0.820. The van der Waals surface area contributed by atoms with E-state index in [1.165, 1.54) is 29.5 Å². The topological polar surface area (TPSA) is 20.2 Å². The Bertz CT molecular complexity index is 463. The van der Waals surface area contributed by atoms with E-state index >= 15 is 0 Å². The van der Waals surface area contributed by atoms with Gasteiger partial charge in [-0.2, -0.15) is 0 Å². The van der Waals surface area contributed by atoms with Crippen LogP contribution in [0.1, 0.15) is 56.7 Å². The standard InChI is InChI=1S/C19H30O/c1-13(2)18-9-7-15(4)11-19(18,20)12-17-10-14(3)6-8-16(17)5/h6,8,10,13,15,18,20H,7,9,11-12H2,1-5H3. The number of hydrogen-bond donors (Lipinski definition) is 1. The lowest BCUT2D eigenvalue weighted by Gasteiger charge is -2.45. The van der Waals surface area contributed by atoms with Crippen molar-refractivity contribution in [2.75, 3.05) is 0 Å². The van der Waals surface area contributed by atoms with Gasteiger partial charge >= 0.3 is 0 Å². The lowest BCUT2D eigenvalue weighted by Crippen LogP contribution is -2.47. The first-order chi connectivity index (χ1) is 9.32. The van der Waals surface area contributed by atoms with Gasteiger partial charge in [-0.3, -0.25) is 0 Å². The molecule has 1 N–H and O–H groups in total. The molecule has 1 aromatic carbocycles. The molecule has 0 aromatic heterocycles. The second-order valence-electron chi connectivity index (χ2n) is 7.45. The largest absolute Gasteiger partial charge is 0.389 e. The van der Waals surface area contributed by atoms with Crippen molar-refractivity contribution >= 4 is 0 Å². The van der Waals surface area contributed by atoms with Gasteiger partial charge in [-0.25, -0.2) is 0 Å². The van der Waals surface area contributed by atoms with Gasteiger partial charge in [-0.15, -0.1) is 0 Å². The van der Waals surface area contributed by atoms with Gasteiger partial charge in [0.15, 0.2) is 0 Å². The smallest absolute Gasteiger partial charge is 0.0721 e. The zero-order chi connectivity index (χ0) is 14.9. The van der Waals surface area contributed by atoms with Crippen molar-refractivity contribution in [3.05, 3.63) is 34.9 Å². The molecule has 1 fully saturated rings. The van der Waals surface area contributed by atoms with Crippen molar-refractivity contribution in [3.8, 4) is 0 Å². The monoisotopic (exact) mass is 274 g/mol. The summed E-state index contributed by atoms with van der Waals surface area (Å²) in [5.41, 5.74) is 3.40. The maximum Gasteiger partial charge on any atom is 0.0721 e. The number of aryl methyl sites for hydroxylation is 2. The van der Waals surface area contributed by atoms with E-state index in [4.69, 9.17) is 0 Å². The van der Waals surface area contributed by atoms with Crippen molar-refractivity contribution in [2.45, 2.75) is 65.9 Å². The highest BCUT2D eigenvalue weighted by Crippen LogP contribution is 2.43. The average molecular weight is 274 g/mol. The van der Waals surface area contributed by atoms with Gasteiger partial charge in [0.1, 0.15) is 0 Å². The summed E-state index contributed by atoms with van der Waals surface area (Å²) in [7, 11) is 0. The molecule has 112 valence electrons. The molecule has 0 saturated heterocycles. The molecule has 1 nitrogen and oxygen atoms in total. The molecule has 1 aliphatic carbocycles. The highest BCUT2D eigenvalue weighted by atomic mass is 16.3. The summed E-state index contributed by atoms with van der Waals surface area (Å²) >= 11 is 0. The molecule has 2 rings (SSSR count). The Morgan fingerprint density at radius 3 is 2.60 bits per heavy atom. The first kappa shape index (κ1) is 15.6. The second-order valence-corrected chi connectivity index (χ2v) is 7.45. The van der Waals surface area contributed by atoms with E-state index in [9.17, 15) is 5.11 Å². The maximum atomic E-state index is 11.3. The molecule has 3 unspecified atom stereocenters. The van der Waals surface area contributed by atoms with Crippen LogP contribution in [0.2, 0.25) is 0 Å². The number of aliphatic hydroxyl groups is 1. The van der Waals surface area contributed by atoms with E-state index in [2.05, 4.69) is 52.8 Å². The van der Waals surface area contributed by atoms with Crippen LogP contribution in [-0.4, -0.2) is 10.7 Å². The first-order valence-electron chi connectivity index (χ1n) is 8.10. The van der Waals surface area contributed by atoms with E-state index in [-0.39, 0.29) is 0 Å². The third kappa shape index (κ3) is 3.25. The van der Waals surface area contributed by atoms with E-state index in [0.29, 0.717) is 17.8 Å². The van der Waals surface area contributed by atoms with Gasteiger partial charge in [0, 0.05) is 6.42 Å². The zero-order valence-corrected chi connectivity index (χ0v) is 13.7. The minimum absolute atomic E-state index is 0.429. The fourth-order valence-corrected chi connectivity index (χ4v) is 4.07.